The first-order valence-corrected chi connectivity index (χ1v) is 10.4. The van der Waals surface area contributed by atoms with E-state index in [9.17, 15) is 13.2 Å². The molecule has 0 radical (unpaired) electrons. The van der Waals surface area contributed by atoms with Gasteiger partial charge < -0.3 is 20.4 Å². The largest absolute Gasteiger partial charge is 0.573 e. The van der Waals surface area contributed by atoms with Crippen molar-refractivity contribution < 1.29 is 17.9 Å². The fourth-order valence-electron chi connectivity index (χ4n) is 4.93. The minimum absolute atomic E-state index is 0.209. The van der Waals surface area contributed by atoms with Crippen LogP contribution in [0.25, 0.3) is 11.0 Å². The molecule has 2 aromatic carbocycles. The summed E-state index contributed by atoms with van der Waals surface area (Å²) in [5.74, 6) is 0.966. The zero-order chi connectivity index (χ0) is 22.4. The third kappa shape index (κ3) is 4.89. The molecule has 3 N–H and O–H groups in total. The van der Waals surface area contributed by atoms with Crippen LogP contribution in [0.4, 0.5) is 30.5 Å². The number of alkyl halides is 3. The Morgan fingerprint density at radius 3 is 2.48 bits per heavy atom. The first-order chi connectivity index (χ1) is 14.5. The number of aromatic nitrogens is 2. The fraction of sp³-hybridized carbons (Fsp3) is 0.435. The van der Waals surface area contributed by atoms with Gasteiger partial charge in [-0.25, -0.2) is 4.98 Å². The molecule has 1 aliphatic rings. The van der Waals surface area contributed by atoms with Gasteiger partial charge in [0, 0.05) is 17.4 Å². The molecule has 3 aromatic rings. The van der Waals surface area contributed by atoms with Crippen LogP contribution in [0, 0.1) is 11.3 Å². The topological polar surface area (TPSA) is 65.1 Å². The van der Waals surface area contributed by atoms with Crippen molar-refractivity contribution in [2.45, 2.75) is 52.4 Å². The minimum Gasteiger partial charge on any atom is -0.406 e. The van der Waals surface area contributed by atoms with E-state index in [0.717, 1.165) is 23.9 Å². The van der Waals surface area contributed by atoms with Crippen molar-refractivity contribution in [1.29, 1.82) is 0 Å². The number of nitrogens with zero attached hydrogens (tertiary/aromatic N) is 2. The van der Waals surface area contributed by atoms with Crippen LogP contribution in [0.3, 0.4) is 0 Å². The van der Waals surface area contributed by atoms with Gasteiger partial charge in [0.15, 0.2) is 0 Å². The normalized spacial score (nSPS) is 21.2. The summed E-state index contributed by atoms with van der Waals surface area (Å²) in [6, 6.07) is 11.6. The summed E-state index contributed by atoms with van der Waals surface area (Å²) in [4.78, 5) is 4.76. The van der Waals surface area contributed by atoms with Crippen molar-refractivity contribution in [2.24, 2.45) is 11.3 Å². The van der Waals surface area contributed by atoms with Gasteiger partial charge in [-0.15, -0.1) is 13.2 Å². The molecular weight excluding hydrogens is 405 g/mol. The lowest BCUT2D eigenvalue weighted by Gasteiger charge is -2.40. The van der Waals surface area contributed by atoms with E-state index in [2.05, 4.69) is 35.4 Å². The van der Waals surface area contributed by atoms with Crippen molar-refractivity contribution in [2.75, 3.05) is 11.1 Å². The molecule has 1 fully saturated rings. The van der Waals surface area contributed by atoms with Gasteiger partial charge in [0.1, 0.15) is 5.75 Å². The van der Waals surface area contributed by atoms with E-state index in [1.54, 1.807) is 12.1 Å². The Kier molecular flexibility index (Phi) is 5.27. The standard InChI is InChI=1S/C23H27F3N4O/c1-14-10-17(13-22(2,3)12-14)30-20-9-4-15(27)11-19(20)29-21(30)28-16-5-7-18(8-6-16)31-23(24,25)26/h4-9,11,14,17H,10,12-13,27H2,1-3H3,(H,28,29)/t14-,17+/m0/s1. The Labute approximate surface area is 179 Å². The van der Waals surface area contributed by atoms with Gasteiger partial charge in [0.2, 0.25) is 5.95 Å². The summed E-state index contributed by atoms with van der Waals surface area (Å²) in [5, 5.41) is 3.29. The Hall–Kier alpha value is -2.90. The van der Waals surface area contributed by atoms with Gasteiger partial charge in [-0.3, -0.25) is 0 Å². The number of nitrogen functional groups attached to an aromatic ring is 1. The van der Waals surface area contributed by atoms with Crippen LogP contribution in [0.1, 0.15) is 46.1 Å². The smallest absolute Gasteiger partial charge is 0.406 e. The molecule has 1 aliphatic carbocycles. The molecule has 0 spiro atoms. The van der Waals surface area contributed by atoms with E-state index in [1.807, 2.05) is 18.2 Å². The predicted molar refractivity (Wildman–Crippen MR) is 116 cm³/mol. The monoisotopic (exact) mass is 432 g/mol. The Balaban J connectivity index is 1.70. The van der Waals surface area contributed by atoms with Crippen molar-refractivity contribution in [3.8, 4) is 5.75 Å². The van der Waals surface area contributed by atoms with Crippen molar-refractivity contribution in [3.05, 3.63) is 42.5 Å². The molecule has 0 bridgehead atoms. The lowest BCUT2D eigenvalue weighted by Crippen LogP contribution is -2.29. The zero-order valence-electron chi connectivity index (χ0n) is 17.8. The highest BCUT2D eigenvalue weighted by atomic mass is 19.4. The van der Waals surface area contributed by atoms with Crippen LogP contribution in [0.15, 0.2) is 42.5 Å². The molecule has 8 heteroatoms. The van der Waals surface area contributed by atoms with Crippen LogP contribution >= 0.6 is 0 Å². The zero-order valence-corrected chi connectivity index (χ0v) is 17.8. The molecule has 0 aliphatic heterocycles. The van der Waals surface area contributed by atoms with Gasteiger partial charge in [-0.05, 0) is 73.1 Å². The average molecular weight is 432 g/mol. The van der Waals surface area contributed by atoms with Crippen LogP contribution in [0.2, 0.25) is 0 Å². The SMILES string of the molecule is C[C@H]1C[C@@H](n2c(Nc3ccc(OC(F)(F)F)cc3)nc3cc(N)ccc32)CC(C)(C)C1. The number of nitrogens with one attached hydrogen (secondary N) is 1. The Bertz CT molecular complexity index is 1070. The third-order valence-electron chi connectivity index (χ3n) is 5.79. The van der Waals surface area contributed by atoms with E-state index in [1.165, 1.54) is 18.6 Å². The summed E-state index contributed by atoms with van der Waals surface area (Å²) in [7, 11) is 0. The molecule has 166 valence electrons. The van der Waals surface area contributed by atoms with Crippen LogP contribution in [0.5, 0.6) is 5.75 Å². The van der Waals surface area contributed by atoms with E-state index in [4.69, 9.17) is 10.7 Å². The van der Waals surface area contributed by atoms with E-state index in [0.29, 0.717) is 23.2 Å². The third-order valence-corrected chi connectivity index (χ3v) is 5.79. The second-order valence-electron chi connectivity index (χ2n) is 9.32. The van der Waals surface area contributed by atoms with Crippen molar-refractivity contribution in [1.82, 2.24) is 9.55 Å². The molecule has 1 heterocycles. The first kappa shape index (κ1) is 21.3. The van der Waals surface area contributed by atoms with Gasteiger partial charge in [-0.1, -0.05) is 20.8 Å². The van der Waals surface area contributed by atoms with Crippen molar-refractivity contribution >= 4 is 28.4 Å². The highest BCUT2D eigenvalue weighted by molar-refractivity contribution is 5.83. The number of fused-ring (bicyclic) bond motifs is 1. The Morgan fingerprint density at radius 2 is 1.84 bits per heavy atom. The van der Waals surface area contributed by atoms with E-state index in [-0.39, 0.29) is 17.2 Å². The molecule has 5 nitrogen and oxygen atoms in total. The molecule has 1 aromatic heterocycles. The highest BCUT2D eigenvalue weighted by Gasteiger charge is 2.35. The molecule has 31 heavy (non-hydrogen) atoms. The summed E-state index contributed by atoms with van der Waals surface area (Å²) >= 11 is 0. The lowest BCUT2D eigenvalue weighted by atomic mass is 9.70. The summed E-state index contributed by atoms with van der Waals surface area (Å²) < 4.78 is 43.5. The molecule has 0 amide bonds. The van der Waals surface area contributed by atoms with Crippen LogP contribution in [-0.2, 0) is 0 Å². The quantitative estimate of drug-likeness (QED) is 0.453. The number of hydrogen-bond acceptors (Lipinski definition) is 4. The minimum atomic E-state index is -4.71. The number of nitrogens with two attached hydrogens (primary N) is 1. The summed E-state index contributed by atoms with van der Waals surface area (Å²) in [6.07, 6.45) is -1.49. The van der Waals surface area contributed by atoms with Gasteiger partial charge >= 0.3 is 6.36 Å². The molecule has 1 saturated carbocycles. The number of halogens is 3. The average Bonchev–Trinajstić information content (AvgIpc) is 2.97. The maximum Gasteiger partial charge on any atom is 0.573 e. The molecular formula is C23H27F3N4O. The molecule has 2 atom stereocenters. The number of ether oxygens (including phenoxy) is 1. The van der Waals surface area contributed by atoms with E-state index < -0.39 is 6.36 Å². The summed E-state index contributed by atoms with van der Waals surface area (Å²) in [6.45, 7) is 6.86. The molecule has 0 unspecified atom stereocenters. The van der Waals surface area contributed by atoms with E-state index >= 15 is 0 Å². The summed E-state index contributed by atoms with van der Waals surface area (Å²) in [5.41, 5.74) is 9.22. The number of imidazole rings is 1. The van der Waals surface area contributed by atoms with Gasteiger partial charge in [0.25, 0.3) is 0 Å². The second kappa shape index (κ2) is 7.66. The number of hydrogen-bond donors (Lipinski definition) is 2. The van der Waals surface area contributed by atoms with Crippen LogP contribution < -0.4 is 15.8 Å². The second-order valence-corrected chi connectivity index (χ2v) is 9.32. The number of rotatable bonds is 4. The highest BCUT2D eigenvalue weighted by Crippen LogP contribution is 2.46. The number of benzene rings is 2. The van der Waals surface area contributed by atoms with Crippen LogP contribution in [-0.4, -0.2) is 15.9 Å². The molecule has 4 rings (SSSR count). The Morgan fingerprint density at radius 1 is 1.13 bits per heavy atom. The fourth-order valence-corrected chi connectivity index (χ4v) is 4.93. The maximum absolute atomic E-state index is 12.4. The molecule has 0 saturated heterocycles. The lowest BCUT2D eigenvalue weighted by molar-refractivity contribution is -0.274. The number of anilines is 3. The predicted octanol–water partition coefficient (Wildman–Crippen LogP) is 6.65. The van der Waals surface area contributed by atoms with Gasteiger partial charge in [-0.2, -0.15) is 0 Å². The van der Waals surface area contributed by atoms with Gasteiger partial charge in [0.05, 0.1) is 11.0 Å². The maximum atomic E-state index is 12.4. The first-order valence-electron chi connectivity index (χ1n) is 10.4. The van der Waals surface area contributed by atoms with Crippen molar-refractivity contribution in [3.63, 3.8) is 0 Å².